The van der Waals surface area contributed by atoms with E-state index in [1.807, 2.05) is 41.8 Å². The Morgan fingerprint density at radius 1 is 1.24 bits per heavy atom. The van der Waals surface area contributed by atoms with Gasteiger partial charge in [-0.15, -0.1) is 21.6 Å². The van der Waals surface area contributed by atoms with E-state index in [9.17, 15) is 0 Å². The highest BCUT2D eigenvalue weighted by Gasteiger charge is 2.18. The van der Waals surface area contributed by atoms with Crippen molar-refractivity contribution in [3.05, 3.63) is 46.7 Å². The Labute approximate surface area is 124 Å². The predicted octanol–water partition coefficient (Wildman–Crippen LogP) is 3.65. The average molecular weight is 296 g/mol. The number of para-hydroxylation sites is 1. The fourth-order valence-electron chi connectivity index (χ4n) is 2.21. The Kier molecular flexibility index (Phi) is 2.89. The maximum absolute atomic E-state index is 4.28. The standard InChI is InChI=1S/C14H12N6S/c1-2-6-11-10(5-1)12-13(16-11)17-14(20-18-12)19-15-8-9-4-3-7-21-9/h1-8,14,16-17,19H/b15-8-/t14-/m1/s1. The molecule has 7 heteroatoms. The van der Waals surface area contributed by atoms with Crippen molar-refractivity contribution in [2.24, 2.45) is 15.3 Å². The summed E-state index contributed by atoms with van der Waals surface area (Å²) in [5.74, 6) is 0.857. The van der Waals surface area contributed by atoms with Gasteiger partial charge in [-0.05, 0) is 17.5 Å². The van der Waals surface area contributed by atoms with Crippen LogP contribution in [0.25, 0.3) is 10.9 Å². The van der Waals surface area contributed by atoms with Gasteiger partial charge in [0.05, 0.1) is 6.21 Å². The fraction of sp³-hybridized carbons (Fsp3) is 0.0714. The van der Waals surface area contributed by atoms with Gasteiger partial charge in [-0.3, -0.25) is 5.43 Å². The van der Waals surface area contributed by atoms with Crippen LogP contribution in [0, 0.1) is 0 Å². The smallest absolute Gasteiger partial charge is 0.229 e. The lowest BCUT2D eigenvalue weighted by atomic mass is 10.2. The number of nitrogens with zero attached hydrogens (tertiary/aromatic N) is 3. The van der Waals surface area contributed by atoms with E-state index in [2.05, 4.69) is 31.1 Å². The summed E-state index contributed by atoms with van der Waals surface area (Å²) in [5, 5.41) is 18.9. The third-order valence-electron chi connectivity index (χ3n) is 3.16. The number of aromatic amines is 1. The largest absolute Gasteiger partial charge is 0.340 e. The molecule has 2 aromatic heterocycles. The summed E-state index contributed by atoms with van der Waals surface area (Å²) >= 11 is 1.63. The van der Waals surface area contributed by atoms with Crippen LogP contribution in [0.2, 0.25) is 0 Å². The third-order valence-corrected chi connectivity index (χ3v) is 3.97. The number of benzene rings is 1. The van der Waals surface area contributed by atoms with E-state index in [1.165, 1.54) is 0 Å². The Hall–Kier alpha value is -2.67. The zero-order chi connectivity index (χ0) is 14.1. The van der Waals surface area contributed by atoms with Crippen LogP contribution in [0.15, 0.2) is 57.1 Å². The Morgan fingerprint density at radius 2 is 2.19 bits per heavy atom. The lowest BCUT2D eigenvalue weighted by Crippen LogP contribution is -2.31. The van der Waals surface area contributed by atoms with E-state index in [0.717, 1.165) is 27.3 Å². The maximum Gasteiger partial charge on any atom is 0.229 e. The molecule has 3 heterocycles. The molecule has 1 aliphatic rings. The molecule has 1 aromatic carbocycles. The fourth-order valence-corrected chi connectivity index (χ4v) is 2.80. The van der Waals surface area contributed by atoms with Gasteiger partial charge in [0.15, 0.2) is 0 Å². The SMILES string of the molecule is C(=N/N[C@@H]1N=Nc2c([nH]c3ccccc23)N1)/c1cccs1. The third kappa shape index (κ3) is 2.27. The van der Waals surface area contributed by atoms with Crippen molar-refractivity contribution in [2.75, 3.05) is 5.32 Å². The summed E-state index contributed by atoms with van der Waals surface area (Å²) in [7, 11) is 0. The molecule has 0 fully saturated rings. The van der Waals surface area contributed by atoms with E-state index in [1.54, 1.807) is 17.6 Å². The number of anilines is 1. The van der Waals surface area contributed by atoms with E-state index >= 15 is 0 Å². The van der Waals surface area contributed by atoms with Crippen molar-refractivity contribution in [2.45, 2.75) is 6.29 Å². The molecule has 6 nitrogen and oxygen atoms in total. The number of thiophene rings is 1. The molecular formula is C14H12N6S. The first-order valence-corrected chi connectivity index (χ1v) is 7.38. The maximum atomic E-state index is 4.28. The molecule has 0 aliphatic carbocycles. The van der Waals surface area contributed by atoms with Gasteiger partial charge >= 0.3 is 0 Å². The number of aromatic nitrogens is 1. The minimum Gasteiger partial charge on any atom is -0.340 e. The number of hydrogen-bond acceptors (Lipinski definition) is 6. The molecule has 3 N–H and O–H groups in total. The molecule has 0 bridgehead atoms. The summed E-state index contributed by atoms with van der Waals surface area (Å²) in [6.45, 7) is 0. The molecule has 21 heavy (non-hydrogen) atoms. The second kappa shape index (κ2) is 5.02. The van der Waals surface area contributed by atoms with Gasteiger partial charge in [0, 0.05) is 15.8 Å². The van der Waals surface area contributed by atoms with Crippen LogP contribution < -0.4 is 10.7 Å². The molecular weight excluding hydrogens is 284 g/mol. The van der Waals surface area contributed by atoms with Crippen LogP contribution in [-0.2, 0) is 0 Å². The lowest BCUT2D eigenvalue weighted by Gasteiger charge is -2.16. The van der Waals surface area contributed by atoms with E-state index in [0.29, 0.717) is 0 Å². The molecule has 0 saturated carbocycles. The molecule has 0 saturated heterocycles. The number of fused-ring (bicyclic) bond motifs is 3. The topological polar surface area (TPSA) is 76.9 Å². The number of hydrogen-bond donors (Lipinski definition) is 3. The van der Waals surface area contributed by atoms with Gasteiger partial charge in [0.1, 0.15) is 11.5 Å². The van der Waals surface area contributed by atoms with Crippen molar-refractivity contribution < 1.29 is 0 Å². The monoisotopic (exact) mass is 296 g/mol. The van der Waals surface area contributed by atoms with Gasteiger partial charge in [0.25, 0.3) is 0 Å². The van der Waals surface area contributed by atoms with E-state index in [4.69, 9.17) is 0 Å². The Morgan fingerprint density at radius 3 is 3.10 bits per heavy atom. The average Bonchev–Trinajstić information content (AvgIpc) is 3.13. The second-order valence-corrected chi connectivity index (χ2v) is 5.54. The molecule has 1 atom stereocenters. The summed E-state index contributed by atoms with van der Waals surface area (Å²) in [6, 6.07) is 12.0. The summed E-state index contributed by atoms with van der Waals surface area (Å²) in [6.07, 6.45) is 1.39. The van der Waals surface area contributed by atoms with Crippen molar-refractivity contribution in [3.8, 4) is 0 Å². The van der Waals surface area contributed by atoms with Crippen LogP contribution in [-0.4, -0.2) is 17.5 Å². The van der Waals surface area contributed by atoms with Crippen molar-refractivity contribution in [1.29, 1.82) is 0 Å². The number of nitrogens with one attached hydrogen (secondary N) is 3. The van der Waals surface area contributed by atoms with Crippen molar-refractivity contribution in [3.63, 3.8) is 0 Å². The highest BCUT2D eigenvalue weighted by molar-refractivity contribution is 7.11. The zero-order valence-corrected chi connectivity index (χ0v) is 11.8. The van der Waals surface area contributed by atoms with Crippen LogP contribution in [0.4, 0.5) is 11.5 Å². The van der Waals surface area contributed by atoms with E-state index < -0.39 is 0 Å². The minimum absolute atomic E-state index is 0.373. The van der Waals surface area contributed by atoms with Crippen molar-refractivity contribution >= 4 is 40.0 Å². The van der Waals surface area contributed by atoms with Crippen molar-refractivity contribution in [1.82, 2.24) is 10.4 Å². The Bertz CT molecular complexity index is 817. The number of H-pyrrole nitrogens is 1. The number of rotatable bonds is 3. The van der Waals surface area contributed by atoms with Crippen LogP contribution in [0.3, 0.4) is 0 Å². The Balaban J connectivity index is 1.52. The molecule has 104 valence electrons. The van der Waals surface area contributed by atoms with Crippen LogP contribution in [0.5, 0.6) is 0 Å². The van der Waals surface area contributed by atoms with Gasteiger partial charge in [-0.2, -0.15) is 5.10 Å². The van der Waals surface area contributed by atoms with Gasteiger partial charge in [-0.1, -0.05) is 24.3 Å². The molecule has 0 amide bonds. The number of hydrazone groups is 1. The zero-order valence-electron chi connectivity index (χ0n) is 10.9. The highest BCUT2D eigenvalue weighted by Crippen LogP contribution is 2.36. The normalized spacial score (nSPS) is 17.0. The molecule has 1 aliphatic heterocycles. The molecule has 0 unspecified atom stereocenters. The lowest BCUT2D eigenvalue weighted by molar-refractivity contribution is 0.579. The first-order chi connectivity index (χ1) is 10.4. The molecule has 0 spiro atoms. The summed E-state index contributed by atoms with van der Waals surface area (Å²) in [5.41, 5.74) is 4.81. The predicted molar refractivity (Wildman–Crippen MR) is 85.3 cm³/mol. The van der Waals surface area contributed by atoms with Gasteiger partial charge < -0.3 is 10.3 Å². The molecule has 0 radical (unpaired) electrons. The van der Waals surface area contributed by atoms with Crippen LogP contribution >= 0.6 is 11.3 Å². The molecule has 4 rings (SSSR count). The summed E-state index contributed by atoms with van der Waals surface area (Å²) < 4.78 is 0. The second-order valence-electron chi connectivity index (χ2n) is 4.56. The van der Waals surface area contributed by atoms with Gasteiger partial charge in [0.2, 0.25) is 6.29 Å². The summed E-state index contributed by atoms with van der Waals surface area (Å²) in [4.78, 5) is 4.38. The van der Waals surface area contributed by atoms with E-state index in [-0.39, 0.29) is 6.29 Å². The first kappa shape index (κ1) is 12.1. The van der Waals surface area contributed by atoms with Crippen LogP contribution in [0.1, 0.15) is 4.88 Å². The minimum atomic E-state index is -0.373. The molecule has 3 aromatic rings. The van der Waals surface area contributed by atoms with Gasteiger partial charge in [-0.25, -0.2) is 0 Å². The number of azo groups is 1. The highest BCUT2D eigenvalue weighted by atomic mass is 32.1. The quantitative estimate of drug-likeness (QED) is 0.509. The first-order valence-electron chi connectivity index (χ1n) is 6.50.